The third-order valence-corrected chi connectivity index (χ3v) is 3.59. The van der Waals surface area contributed by atoms with Crippen molar-refractivity contribution in [1.29, 1.82) is 0 Å². The first-order valence-electron chi connectivity index (χ1n) is 4.83. The van der Waals surface area contributed by atoms with E-state index in [0.717, 1.165) is 14.9 Å². The lowest BCUT2D eigenvalue weighted by molar-refractivity contribution is 1.53. The first kappa shape index (κ1) is 12.8. The highest BCUT2D eigenvalue weighted by atomic mass is 127. The summed E-state index contributed by atoms with van der Waals surface area (Å²) in [6.45, 7) is 0. The second-order valence-corrected chi connectivity index (χ2v) is 5.55. The van der Waals surface area contributed by atoms with Crippen molar-refractivity contribution in [1.82, 2.24) is 0 Å². The summed E-state index contributed by atoms with van der Waals surface area (Å²) in [5.41, 5.74) is 8.15. The first-order valence-corrected chi connectivity index (χ1v) is 6.67. The second kappa shape index (κ2) is 5.33. The average molecular weight is 379 g/mol. The quantitative estimate of drug-likeness (QED) is 0.574. The fraction of sp³-hybridized carbons (Fsp3) is 0. The van der Waals surface area contributed by atoms with Gasteiger partial charge in [0, 0.05) is 9.26 Å². The van der Waals surface area contributed by atoms with E-state index >= 15 is 0 Å². The number of hydrogen-bond acceptors (Lipinski definition) is 2. The maximum atomic E-state index is 5.95. The minimum absolute atomic E-state index is 0.456. The van der Waals surface area contributed by atoms with Gasteiger partial charge in [-0.2, -0.15) is 0 Å². The Morgan fingerprint density at radius 1 is 1.06 bits per heavy atom. The van der Waals surface area contributed by atoms with Crippen LogP contribution in [0.3, 0.4) is 0 Å². The minimum Gasteiger partial charge on any atom is -0.397 e. The zero-order chi connectivity index (χ0) is 12.4. The lowest BCUT2D eigenvalue weighted by Gasteiger charge is -2.11. The van der Waals surface area contributed by atoms with E-state index in [2.05, 4.69) is 27.9 Å². The number of benzene rings is 2. The van der Waals surface area contributed by atoms with Crippen LogP contribution in [0.15, 0.2) is 36.4 Å². The highest BCUT2D eigenvalue weighted by Crippen LogP contribution is 2.32. The van der Waals surface area contributed by atoms with Gasteiger partial charge < -0.3 is 11.1 Å². The normalized spacial score (nSPS) is 10.3. The van der Waals surface area contributed by atoms with Crippen LogP contribution >= 0.6 is 45.8 Å². The summed E-state index contributed by atoms with van der Waals surface area (Å²) in [6, 6.07) is 11.3. The Morgan fingerprint density at radius 3 is 2.47 bits per heavy atom. The summed E-state index contributed by atoms with van der Waals surface area (Å²) >= 11 is 14.1. The van der Waals surface area contributed by atoms with Crippen molar-refractivity contribution < 1.29 is 0 Å². The van der Waals surface area contributed by atoms with Gasteiger partial charge in [-0.15, -0.1) is 0 Å². The van der Waals surface area contributed by atoms with Crippen molar-refractivity contribution in [3.05, 3.63) is 50.0 Å². The largest absolute Gasteiger partial charge is 0.397 e. The van der Waals surface area contributed by atoms with Crippen LogP contribution in [0, 0.1) is 3.57 Å². The highest BCUT2D eigenvalue weighted by Gasteiger charge is 2.05. The molecular weight excluding hydrogens is 370 g/mol. The van der Waals surface area contributed by atoms with Gasteiger partial charge in [-0.1, -0.05) is 29.3 Å². The molecule has 0 spiro atoms. The summed E-state index contributed by atoms with van der Waals surface area (Å²) in [5, 5.41) is 4.14. The molecule has 0 fully saturated rings. The average Bonchev–Trinajstić information content (AvgIpc) is 2.26. The van der Waals surface area contributed by atoms with Crippen LogP contribution in [0.5, 0.6) is 0 Å². The molecule has 3 N–H and O–H groups in total. The molecule has 88 valence electrons. The summed E-state index contributed by atoms with van der Waals surface area (Å²) in [4.78, 5) is 0. The molecule has 17 heavy (non-hydrogen) atoms. The molecule has 0 radical (unpaired) electrons. The molecule has 0 unspecified atom stereocenters. The van der Waals surface area contributed by atoms with Gasteiger partial charge in [-0.05, 0) is 52.9 Å². The molecule has 0 aliphatic rings. The van der Waals surface area contributed by atoms with Gasteiger partial charge in [-0.3, -0.25) is 0 Å². The molecule has 0 bridgehead atoms. The summed E-state index contributed by atoms with van der Waals surface area (Å²) in [7, 11) is 0. The number of rotatable bonds is 2. The minimum atomic E-state index is 0.456. The topological polar surface area (TPSA) is 38.0 Å². The number of hydrogen-bond donors (Lipinski definition) is 2. The molecule has 2 nitrogen and oxygen atoms in total. The van der Waals surface area contributed by atoms with Gasteiger partial charge in [0.2, 0.25) is 0 Å². The zero-order valence-corrected chi connectivity index (χ0v) is 12.3. The van der Waals surface area contributed by atoms with Crippen molar-refractivity contribution in [2.75, 3.05) is 11.1 Å². The lowest BCUT2D eigenvalue weighted by atomic mass is 10.2. The monoisotopic (exact) mass is 378 g/mol. The van der Waals surface area contributed by atoms with E-state index in [1.807, 2.05) is 24.3 Å². The third kappa shape index (κ3) is 3.18. The Bertz CT molecular complexity index is 558. The molecule has 0 aliphatic heterocycles. The number of anilines is 3. The van der Waals surface area contributed by atoms with Gasteiger partial charge in [0.05, 0.1) is 21.4 Å². The summed E-state index contributed by atoms with van der Waals surface area (Å²) < 4.78 is 1.14. The molecule has 5 heteroatoms. The SMILES string of the molecule is Nc1cc(Cl)c(Cl)cc1Nc1cccc(I)c1. The molecule has 0 aromatic heterocycles. The van der Waals surface area contributed by atoms with Crippen LogP contribution in [-0.2, 0) is 0 Å². The van der Waals surface area contributed by atoms with E-state index in [0.29, 0.717) is 15.7 Å². The van der Waals surface area contributed by atoms with Crippen molar-refractivity contribution in [3.63, 3.8) is 0 Å². The summed E-state index contributed by atoms with van der Waals surface area (Å²) in [6.07, 6.45) is 0. The Morgan fingerprint density at radius 2 is 1.76 bits per heavy atom. The predicted octanol–water partition coefficient (Wildman–Crippen LogP) is 4.92. The van der Waals surface area contributed by atoms with Crippen LogP contribution in [0.25, 0.3) is 0 Å². The number of halogens is 3. The Labute approximate surface area is 123 Å². The smallest absolute Gasteiger partial charge is 0.0633 e. The number of nitrogens with one attached hydrogen (secondary N) is 1. The van der Waals surface area contributed by atoms with E-state index < -0.39 is 0 Å². The Balaban J connectivity index is 2.33. The molecule has 0 saturated carbocycles. The first-order chi connectivity index (χ1) is 8.06. The molecule has 2 aromatic rings. The van der Waals surface area contributed by atoms with E-state index in [1.165, 1.54) is 0 Å². The van der Waals surface area contributed by atoms with Crippen LogP contribution in [-0.4, -0.2) is 0 Å². The van der Waals surface area contributed by atoms with Gasteiger partial charge in [-0.25, -0.2) is 0 Å². The highest BCUT2D eigenvalue weighted by molar-refractivity contribution is 14.1. The van der Waals surface area contributed by atoms with E-state index in [-0.39, 0.29) is 0 Å². The van der Waals surface area contributed by atoms with Crippen LogP contribution < -0.4 is 11.1 Å². The Hall–Kier alpha value is -0.650. The predicted molar refractivity (Wildman–Crippen MR) is 83.3 cm³/mol. The third-order valence-electron chi connectivity index (χ3n) is 2.20. The molecule has 0 atom stereocenters. The van der Waals surface area contributed by atoms with Crippen LogP contribution in [0.2, 0.25) is 10.0 Å². The zero-order valence-electron chi connectivity index (χ0n) is 8.68. The fourth-order valence-corrected chi connectivity index (χ4v) is 2.27. The summed E-state index contributed by atoms with van der Waals surface area (Å²) in [5.74, 6) is 0. The van der Waals surface area contributed by atoms with Crippen LogP contribution in [0.4, 0.5) is 17.1 Å². The second-order valence-electron chi connectivity index (χ2n) is 3.49. The molecule has 0 aliphatic carbocycles. The number of nitrogen functional groups attached to an aromatic ring is 1. The van der Waals surface area contributed by atoms with Crippen molar-refractivity contribution >= 4 is 62.9 Å². The molecule has 0 saturated heterocycles. The number of nitrogens with two attached hydrogens (primary N) is 1. The fourth-order valence-electron chi connectivity index (χ4n) is 1.39. The molecule has 0 heterocycles. The van der Waals surface area contributed by atoms with Crippen LogP contribution in [0.1, 0.15) is 0 Å². The van der Waals surface area contributed by atoms with E-state index in [9.17, 15) is 0 Å². The molecule has 2 aromatic carbocycles. The van der Waals surface area contributed by atoms with Gasteiger partial charge in [0.1, 0.15) is 0 Å². The van der Waals surface area contributed by atoms with Gasteiger partial charge >= 0.3 is 0 Å². The van der Waals surface area contributed by atoms with E-state index in [1.54, 1.807) is 12.1 Å². The molecule has 0 amide bonds. The lowest BCUT2D eigenvalue weighted by Crippen LogP contribution is -1.96. The standard InChI is InChI=1S/C12H9Cl2IN2/c13-9-5-11(16)12(6-10(9)14)17-8-3-1-2-7(15)4-8/h1-6,17H,16H2. The molecular formula is C12H9Cl2IN2. The molecule has 2 rings (SSSR count). The van der Waals surface area contributed by atoms with Gasteiger partial charge in [0.15, 0.2) is 0 Å². The van der Waals surface area contributed by atoms with Gasteiger partial charge in [0.25, 0.3) is 0 Å². The maximum absolute atomic E-state index is 5.95. The van der Waals surface area contributed by atoms with Crippen molar-refractivity contribution in [3.8, 4) is 0 Å². The maximum Gasteiger partial charge on any atom is 0.0633 e. The van der Waals surface area contributed by atoms with Crippen molar-refractivity contribution in [2.24, 2.45) is 0 Å². The Kier molecular flexibility index (Phi) is 4.01. The van der Waals surface area contributed by atoms with E-state index in [4.69, 9.17) is 28.9 Å². The van der Waals surface area contributed by atoms with Crippen molar-refractivity contribution in [2.45, 2.75) is 0 Å².